The van der Waals surface area contributed by atoms with Crippen LogP contribution in [0, 0.1) is 0 Å². The number of ether oxygens (including phenoxy) is 1. The van der Waals surface area contributed by atoms with Crippen LogP contribution in [-0.2, 0) is 16.5 Å². The second kappa shape index (κ2) is 13.0. The van der Waals surface area contributed by atoms with Crippen molar-refractivity contribution in [1.29, 1.82) is 0 Å². The van der Waals surface area contributed by atoms with Crippen LogP contribution in [0.5, 0.6) is 17.2 Å². The van der Waals surface area contributed by atoms with Gasteiger partial charge >= 0.3 is 51.4 Å². The van der Waals surface area contributed by atoms with E-state index in [1.54, 1.807) is 18.2 Å². The maximum atomic E-state index is 12.0. The number of hydrogen-bond donors (Lipinski definition) is 1. The van der Waals surface area contributed by atoms with Gasteiger partial charge < -0.3 is 9.84 Å². The fraction of sp³-hybridized carbons (Fsp3) is 0.429. The Bertz CT molecular complexity index is 836. The van der Waals surface area contributed by atoms with Crippen molar-refractivity contribution in [3.63, 3.8) is 0 Å². The molecule has 2 aromatic rings. The molecule has 0 amide bonds. The van der Waals surface area contributed by atoms with Crippen molar-refractivity contribution in [3.05, 3.63) is 48.0 Å². The molecule has 0 aliphatic carbocycles. The zero-order chi connectivity index (χ0) is 19.7. The van der Waals surface area contributed by atoms with Gasteiger partial charge in [0, 0.05) is 6.07 Å². The number of hydrogen-bond acceptors (Lipinski definition) is 4. The van der Waals surface area contributed by atoms with E-state index in [1.165, 1.54) is 56.4 Å². The average Bonchev–Trinajstić information content (AvgIpc) is 2.63. The van der Waals surface area contributed by atoms with Crippen molar-refractivity contribution < 1.29 is 74.2 Å². The molecule has 0 aromatic heterocycles. The zero-order valence-corrected chi connectivity index (χ0v) is 20.6. The normalized spacial score (nSPS) is 11.1. The Balaban J connectivity index is 0.00000392. The predicted octanol–water partition coefficient (Wildman–Crippen LogP) is 2.10. The molecule has 0 heterocycles. The van der Waals surface area contributed by atoms with E-state index < -0.39 is 10.1 Å². The first-order valence-corrected chi connectivity index (χ1v) is 10.9. The van der Waals surface area contributed by atoms with E-state index in [4.69, 9.17) is 9.29 Å². The van der Waals surface area contributed by atoms with E-state index in [0.29, 0.717) is 17.7 Å². The van der Waals surface area contributed by atoms with Crippen molar-refractivity contribution in [2.75, 3.05) is 0 Å². The molecule has 0 bridgehead atoms. The molecule has 0 saturated heterocycles. The van der Waals surface area contributed by atoms with Gasteiger partial charge in [0.2, 0.25) is 0 Å². The van der Waals surface area contributed by atoms with E-state index in [9.17, 15) is 13.5 Å². The Morgan fingerprint density at radius 3 is 2.25 bits per heavy atom. The Labute approximate surface area is 210 Å². The molecule has 1 N–H and O–H groups in total. The van der Waals surface area contributed by atoms with Crippen LogP contribution in [0.2, 0.25) is 0 Å². The van der Waals surface area contributed by atoms with Crippen molar-refractivity contribution in [1.82, 2.24) is 0 Å². The molecule has 2 rings (SSSR count). The molecule has 0 aliphatic heterocycles. The Kier molecular flexibility index (Phi) is 11.9. The Morgan fingerprint density at radius 1 is 0.929 bits per heavy atom. The maximum absolute atomic E-state index is 12.0. The molecule has 0 saturated carbocycles. The molecule has 0 fully saturated rings. The SMILES string of the molecule is CCCCCCCCCc1cc(Oc2cccc(S(=O)(=O)O)c2)ccc1[O-].[K+]. The van der Waals surface area contributed by atoms with Gasteiger partial charge in [0.1, 0.15) is 11.5 Å². The summed E-state index contributed by atoms with van der Waals surface area (Å²) in [7, 11) is -4.29. The van der Waals surface area contributed by atoms with Gasteiger partial charge in [0.05, 0.1) is 4.90 Å². The molecule has 0 radical (unpaired) electrons. The predicted molar refractivity (Wildman–Crippen MR) is 104 cm³/mol. The van der Waals surface area contributed by atoms with E-state index >= 15 is 0 Å². The minimum Gasteiger partial charge on any atom is -0.872 e. The molecule has 0 spiro atoms. The standard InChI is InChI=1S/C21H28O5S.K/c1-2-3-4-5-6-7-8-10-17-15-19(13-14-21(17)22)26-18-11-9-12-20(16-18)27(23,24)25;/h9,11-16,22H,2-8,10H2,1H3,(H,23,24,25);/q;+1/p-1. The summed E-state index contributed by atoms with van der Waals surface area (Å²) in [6.45, 7) is 2.20. The first-order valence-electron chi connectivity index (χ1n) is 9.45. The van der Waals surface area contributed by atoms with E-state index in [0.717, 1.165) is 12.8 Å². The van der Waals surface area contributed by atoms with Crippen LogP contribution < -0.4 is 61.2 Å². The second-order valence-electron chi connectivity index (χ2n) is 6.69. The number of benzene rings is 2. The van der Waals surface area contributed by atoms with Gasteiger partial charge in [-0.3, -0.25) is 4.55 Å². The van der Waals surface area contributed by atoms with Crippen LogP contribution >= 0.6 is 0 Å². The van der Waals surface area contributed by atoms with Crippen LogP contribution in [0.25, 0.3) is 0 Å². The van der Waals surface area contributed by atoms with Crippen LogP contribution in [0.1, 0.15) is 57.4 Å². The first kappa shape index (κ1) is 25.6. The van der Waals surface area contributed by atoms with Crippen LogP contribution in [0.15, 0.2) is 47.4 Å². The average molecular weight is 431 g/mol. The third-order valence-electron chi connectivity index (χ3n) is 4.42. The summed E-state index contributed by atoms with van der Waals surface area (Å²) in [5.41, 5.74) is 0.701. The van der Waals surface area contributed by atoms with E-state index in [-0.39, 0.29) is 67.8 Å². The van der Waals surface area contributed by atoms with E-state index in [2.05, 4.69) is 6.92 Å². The van der Waals surface area contributed by atoms with Crippen molar-refractivity contribution in [2.24, 2.45) is 0 Å². The molecule has 0 unspecified atom stereocenters. The largest absolute Gasteiger partial charge is 1.00 e. The topological polar surface area (TPSA) is 86.7 Å². The van der Waals surface area contributed by atoms with Crippen LogP contribution in [0.4, 0.5) is 0 Å². The van der Waals surface area contributed by atoms with Crippen LogP contribution in [-0.4, -0.2) is 13.0 Å². The number of rotatable bonds is 11. The van der Waals surface area contributed by atoms with Gasteiger partial charge in [0.15, 0.2) is 0 Å². The molecule has 2 aromatic carbocycles. The molecule has 7 heteroatoms. The summed E-state index contributed by atoms with van der Waals surface area (Å²) in [5.74, 6) is 0.741. The monoisotopic (exact) mass is 430 g/mol. The van der Waals surface area contributed by atoms with Gasteiger partial charge in [-0.15, -0.1) is 5.75 Å². The van der Waals surface area contributed by atoms with Gasteiger partial charge in [-0.2, -0.15) is 8.42 Å². The quantitative estimate of drug-likeness (QED) is 0.335. The summed E-state index contributed by atoms with van der Waals surface area (Å²) in [6.07, 6.45) is 8.98. The summed E-state index contributed by atoms with van der Waals surface area (Å²) >= 11 is 0. The number of aryl methyl sites for hydroxylation is 1. The third-order valence-corrected chi connectivity index (χ3v) is 5.27. The third kappa shape index (κ3) is 8.94. The van der Waals surface area contributed by atoms with E-state index in [1.807, 2.05) is 0 Å². The first-order chi connectivity index (χ1) is 12.9. The zero-order valence-electron chi connectivity index (χ0n) is 16.7. The van der Waals surface area contributed by atoms with Gasteiger partial charge in [-0.05, 0) is 37.1 Å². The summed E-state index contributed by atoms with van der Waals surface area (Å²) in [6, 6.07) is 10.4. The fourth-order valence-corrected chi connectivity index (χ4v) is 3.44. The molecule has 0 aliphatic rings. The molecule has 148 valence electrons. The van der Waals surface area contributed by atoms with Crippen molar-refractivity contribution in [2.45, 2.75) is 63.2 Å². The fourth-order valence-electron chi connectivity index (χ4n) is 2.92. The van der Waals surface area contributed by atoms with Gasteiger partial charge in [0.25, 0.3) is 10.1 Å². The number of unbranched alkanes of at least 4 members (excludes halogenated alkanes) is 6. The molecule has 5 nitrogen and oxygen atoms in total. The minimum absolute atomic E-state index is 0. The molecular weight excluding hydrogens is 403 g/mol. The smallest absolute Gasteiger partial charge is 0.872 e. The Hall–Kier alpha value is -0.414. The summed E-state index contributed by atoms with van der Waals surface area (Å²) in [5, 5.41) is 12.0. The molecule has 0 atom stereocenters. The summed E-state index contributed by atoms with van der Waals surface area (Å²) in [4.78, 5) is -0.233. The Morgan fingerprint density at radius 2 is 1.57 bits per heavy atom. The van der Waals surface area contributed by atoms with Crippen LogP contribution in [0.3, 0.4) is 0 Å². The molecular formula is C21H27KO5S. The second-order valence-corrected chi connectivity index (χ2v) is 8.11. The van der Waals surface area contributed by atoms with Crippen molar-refractivity contribution in [3.8, 4) is 17.2 Å². The molecule has 28 heavy (non-hydrogen) atoms. The summed E-state index contributed by atoms with van der Waals surface area (Å²) < 4.78 is 37.2. The maximum Gasteiger partial charge on any atom is 1.00 e. The minimum atomic E-state index is -4.29. The van der Waals surface area contributed by atoms with Crippen molar-refractivity contribution >= 4 is 10.1 Å². The van der Waals surface area contributed by atoms with Gasteiger partial charge in [-0.25, -0.2) is 0 Å². The van der Waals surface area contributed by atoms with Gasteiger partial charge in [-0.1, -0.05) is 63.1 Å².